The molecule has 6 nitrogen and oxygen atoms in total. The Morgan fingerprint density at radius 2 is 1.85 bits per heavy atom. The molecule has 0 aliphatic heterocycles. The van der Waals surface area contributed by atoms with E-state index in [0.717, 1.165) is 53.3 Å². The van der Waals surface area contributed by atoms with Crippen molar-refractivity contribution in [2.75, 3.05) is 27.2 Å². The number of aromatic amines is 1. The maximum absolute atomic E-state index is 15.2. The third-order valence-electron chi connectivity index (χ3n) is 6.56. The molecule has 0 unspecified atom stereocenters. The van der Waals surface area contributed by atoms with Crippen molar-refractivity contribution in [3.05, 3.63) is 58.3 Å². The number of carbonyl (C=O) groups excluding carboxylic acids is 1. The van der Waals surface area contributed by atoms with Gasteiger partial charge in [-0.3, -0.25) is 9.89 Å². The van der Waals surface area contributed by atoms with E-state index < -0.39 is 17.5 Å². The van der Waals surface area contributed by atoms with E-state index in [0.29, 0.717) is 29.9 Å². The molecule has 2 heterocycles. The molecule has 0 fully saturated rings. The van der Waals surface area contributed by atoms with Crippen LogP contribution in [0, 0.1) is 18.6 Å². The fourth-order valence-electron chi connectivity index (χ4n) is 4.89. The van der Waals surface area contributed by atoms with E-state index in [1.54, 1.807) is 6.07 Å². The number of benzene rings is 2. The Morgan fingerprint density at radius 1 is 1.09 bits per heavy atom. The highest BCUT2D eigenvalue weighted by Gasteiger charge is 2.25. The third kappa shape index (κ3) is 3.81. The number of fused-ring (bicyclic) bond motifs is 5. The second kappa shape index (κ2) is 8.76. The van der Waals surface area contributed by atoms with E-state index in [1.165, 1.54) is 18.2 Å². The lowest BCUT2D eigenvalue weighted by Crippen LogP contribution is -2.31. The van der Waals surface area contributed by atoms with E-state index in [1.807, 2.05) is 25.9 Å². The highest BCUT2D eigenvalue weighted by atomic mass is 19.1. The number of nitrogens with zero attached hydrogens (tertiary/aromatic N) is 3. The van der Waals surface area contributed by atoms with Crippen LogP contribution in [0.1, 0.15) is 40.0 Å². The van der Waals surface area contributed by atoms with Gasteiger partial charge in [0, 0.05) is 41.2 Å². The van der Waals surface area contributed by atoms with Crippen molar-refractivity contribution in [2.24, 2.45) is 0 Å². The first kappa shape index (κ1) is 22.4. The van der Waals surface area contributed by atoms with Crippen LogP contribution in [0.4, 0.5) is 8.78 Å². The summed E-state index contributed by atoms with van der Waals surface area (Å²) in [7, 11) is 3.81. The van der Waals surface area contributed by atoms with Crippen molar-refractivity contribution >= 4 is 27.7 Å². The van der Waals surface area contributed by atoms with Gasteiger partial charge in [0.2, 0.25) is 0 Å². The van der Waals surface area contributed by atoms with Crippen LogP contribution in [0.2, 0.25) is 0 Å². The zero-order valence-corrected chi connectivity index (χ0v) is 19.6. The van der Waals surface area contributed by atoms with Gasteiger partial charge in [-0.05, 0) is 70.0 Å². The summed E-state index contributed by atoms with van der Waals surface area (Å²) in [6, 6.07) is 5.92. The molecule has 0 atom stereocenters. The van der Waals surface area contributed by atoms with Crippen LogP contribution in [-0.2, 0) is 12.8 Å². The average Bonchev–Trinajstić information content (AvgIpc) is 3.18. The molecule has 2 N–H and O–H groups in total. The van der Waals surface area contributed by atoms with Gasteiger partial charge in [-0.2, -0.15) is 5.10 Å². The van der Waals surface area contributed by atoms with Crippen molar-refractivity contribution < 1.29 is 13.6 Å². The Balaban J connectivity index is 1.63. The maximum Gasteiger partial charge on any atom is 0.254 e. The number of rotatable bonds is 5. The fraction of sp³-hybridized carbons (Fsp3) is 0.346. The van der Waals surface area contributed by atoms with Gasteiger partial charge < -0.3 is 10.2 Å². The second-order valence-electron chi connectivity index (χ2n) is 9.20. The highest BCUT2D eigenvalue weighted by Crippen LogP contribution is 2.39. The van der Waals surface area contributed by atoms with Crippen molar-refractivity contribution in [2.45, 2.75) is 32.6 Å². The van der Waals surface area contributed by atoms with E-state index in [2.05, 4.69) is 15.5 Å². The molecule has 0 radical (unpaired) electrons. The monoisotopic (exact) mass is 463 g/mol. The Bertz CT molecular complexity index is 1430. The summed E-state index contributed by atoms with van der Waals surface area (Å²) >= 11 is 0. The van der Waals surface area contributed by atoms with Gasteiger partial charge in [0.25, 0.3) is 5.91 Å². The minimum Gasteiger partial charge on any atom is -0.351 e. The van der Waals surface area contributed by atoms with Crippen molar-refractivity contribution in [3.8, 4) is 11.3 Å². The first-order valence-electron chi connectivity index (χ1n) is 11.6. The fourth-order valence-corrected chi connectivity index (χ4v) is 4.89. The van der Waals surface area contributed by atoms with Crippen molar-refractivity contribution in [1.29, 1.82) is 0 Å². The molecule has 1 amide bonds. The number of pyridine rings is 1. The predicted molar refractivity (Wildman–Crippen MR) is 129 cm³/mol. The molecule has 1 aliphatic rings. The topological polar surface area (TPSA) is 73.9 Å². The highest BCUT2D eigenvalue weighted by molar-refractivity contribution is 6.09. The lowest BCUT2D eigenvalue weighted by Gasteiger charge is -2.22. The molecule has 2 aromatic heterocycles. The van der Waals surface area contributed by atoms with E-state index >= 15 is 8.78 Å². The van der Waals surface area contributed by atoms with E-state index in [-0.39, 0.29) is 11.1 Å². The number of aryl methyl sites for hydroxylation is 2. The first-order valence-corrected chi connectivity index (χ1v) is 11.6. The third-order valence-corrected chi connectivity index (χ3v) is 6.56. The lowest BCUT2D eigenvalue weighted by molar-refractivity contribution is 0.0947. The summed E-state index contributed by atoms with van der Waals surface area (Å²) in [5, 5.41) is 11.6. The van der Waals surface area contributed by atoms with Crippen LogP contribution in [0.3, 0.4) is 0 Å². The molecule has 5 rings (SSSR count). The Hall–Kier alpha value is -3.39. The molecule has 0 spiro atoms. The van der Waals surface area contributed by atoms with Crippen molar-refractivity contribution in [1.82, 2.24) is 25.4 Å². The van der Waals surface area contributed by atoms with Crippen molar-refractivity contribution in [3.63, 3.8) is 0 Å². The lowest BCUT2D eigenvalue weighted by atomic mass is 9.85. The van der Waals surface area contributed by atoms with Gasteiger partial charge in [-0.1, -0.05) is 6.07 Å². The Morgan fingerprint density at radius 3 is 2.59 bits per heavy atom. The summed E-state index contributed by atoms with van der Waals surface area (Å²) < 4.78 is 30.2. The quantitative estimate of drug-likeness (QED) is 0.456. The molecule has 8 heteroatoms. The largest absolute Gasteiger partial charge is 0.351 e. The number of likely N-dealkylation sites (N-methyl/N-ethyl adjacent to an activating group) is 1. The summed E-state index contributed by atoms with van der Waals surface area (Å²) in [4.78, 5) is 19.1. The number of nitrogens with one attached hydrogen (secondary N) is 2. The average molecular weight is 464 g/mol. The van der Waals surface area contributed by atoms with E-state index in [9.17, 15) is 4.79 Å². The Labute approximate surface area is 196 Å². The number of hydrogen-bond donors (Lipinski definition) is 2. The van der Waals surface area contributed by atoms with Gasteiger partial charge in [-0.25, -0.2) is 13.8 Å². The molecular formula is C26H27F2N5O. The summed E-state index contributed by atoms with van der Waals surface area (Å²) in [6.07, 6.45) is 3.59. The molecule has 34 heavy (non-hydrogen) atoms. The second-order valence-corrected chi connectivity index (χ2v) is 9.20. The number of amides is 1. The van der Waals surface area contributed by atoms with Crippen LogP contribution < -0.4 is 5.32 Å². The zero-order chi connectivity index (χ0) is 24.0. The van der Waals surface area contributed by atoms with Gasteiger partial charge in [0.15, 0.2) is 5.82 Å². The SMILES string of the molecule is Cc1[nH]nc2cc(F)c3nc(-c4ccc(C(=O)NCCN(C)C)c(F)c4)c4c(c3c12)CCCC4. The molecule has 0 bridgehead atoms. The molecule has 0 saturated carbocycles. The summed E-state index contributed by atoms with van der Waals surface area (Å²) in [6.45, 7) is 3.01. The molecule has 1 aliphatic carbocycles. The number of hydrogen-bond acceptors (Lipinski definition) is 4. The Kier molecular flexibility index (Phi) is 5.77. The van der Waals surface area contributed by atoms with Gasteiger partial charge in [0.1, 0.15) is 11.3 Å². The molecule has 2 aromatic carbocycles. The smallest absolute Gasteiger partial charge is 0.254 e. The van der Waals surface area contributed by atoms with Crippen LogP contribution in [0.25, 0.3) is 33.1 Å². The zero-order valence-electron chi connectivity index (χ0n) is 19.6. The number of halogens is 2. The van der Waals surface area contributed by atoms with Crippen LogP contribution in [0.5, 0.6) is 0 Å². The van der Waals surface area contributed by atoms with Crippen LogP contribution >= 0.6 is 0 Å². The first-order chi connectivity index (χ1) is 16.3. The molecule has 4 aromatic rings. The summed E-state index contributed by atoms with van der Waals surface area (Å²) in [5.41, 5.74) is 4.93. The number of carbonyl (C=O) groups is 1. The molecular weight excluding hydrogens is 436 g/mol. The van der Waals surface area contributed by atoms with Gasteiger partial charge >= 0.3 is 0 Å². The minimum absolute atomic E-state index is 0.0147. The number of H-pyrrole nitrogens is 1. The molecule has 0 saturated heterocycles. The van der Waals surface area contributed by atoms with Crippen LogP contribution in [-0.4, -0.2) is 53.2 Å². The standard InChI is InChI=1S/C26H27F2N5O/c1-14-22-21(32-31-14)13-20(28)25-23(22)16-6-4-5-7-17(16)24(30-25)15-8-9-18(19(27)12-15)26(34)29-10-11-33(2)3/h8-9,12-13H,4-7,10-11H2,1-3H3,(H,29,34)(H,31,32). The van der Waals surface area contributed by atoms with Gasteiger partial charge in [-0.15, -0.1) is 0 Å². The van der Waals surface area contributed by atoms with Gasteiger partial charge in [0.05, 0.1) is 16.8 Å². The predicted octanol–water partition coefficient (Wildman–Crippen LogP) is 4.53. The minimum atomic E-state index is -0.618. The maximum atomic E-state index is 15.2. The summed E-state index contributed by atoms with van der Waals surface area (Å²) in [5.74, 6) is -1.52. The van der Waals surface area contributed by atoms with E-state index in [4.69, 9.17) is 4.98 Å². The van der Waals surface area contributed by atoms with Crippen LogP contribution in [0.15, 0.2) is 24.3 Å². The number of aromatic nitrogens is 3. The molecule has 176 valence electrons. The normalized spacial score (nSPS) is 13.6.